The monoisotopic (exact) mass is 649 g/mol. The number of anilines is 1. The van der Waals surface area contributed by atoms with Crippen LogP contribution < -0.4 is 9.62 Å². The van der Waals surface area contributed by atoms with Crippen molar-refractivity contribution in [1.82, 2.24) is 10.2 Å². The molecule has 10 heteroatoms. The van der Waals surface area contributed by atoms with E-state index in [1.165, 1.54) is 17.0 Å². The molecule has 0 fully saturated rings. The van der Waals surface area contributed by atoms with Crippen LogP contribution in [0.5, 0.6) is 0 Å². The fourth-order valence-corrected chi connectivity index (χ4v) is 6.30. The molecule has 4 aromatic carbocycles. The average molecular weight is 650 g/mol. The average Bonchev–Trinajstić information content (AvgIpc) is 3.03. The van der Waals surface area contributed by atoms with E-state index in [2.05, 4.69) is 5.32 Å². The van der Waals surface area contributed by atoms with E-state index in [1.54, 1.807) is 48.5 Å². The zero-order valence-corrected chi connectivity index (χ0v) is 27.1. The minimum atomic E-state index is -4.32. The van der Waals surface area contributed by atoms with Crippen molar-refractivity contribution in [3.63, 3.8) is 0 Å². The number of amides is 2. The fourth-order valence-electron chi connectivity index (χ4n) is 4.76. The summed E-state index contributed by atoms with van der Waals surface area (Å²) in [5.74, 6) is -1.52. The number of benzene rings is 4. The number of carbonyl (C=O) groups excluding carboxylic acids is 2. The number of rotatable bonds is 13. The number of sulfonamides is 1. The summed E-state index contributed by atoms with van der Waals surface area (Å²) in [6, 6.07) is 26.3. The van der Waals surface area contributed by atoms with Gasteiger partial charge in [0.2, 0.25) is 11.8 Å². The van der Waals surface area contributed by atoms with Crippen LogP contribution in [0.2, 0.25) is 5.02 Å². The summed E-state index contributed by atoms with van der Waals surface area (Å²) in [5.41, 5.74) is 2.71. The van der Waals surface area contributed by atoms with Crippen molar-refractivity contribution in [2.45, 2.75) is 57.1 Å². The maximum Gasteiger partial charge on any atom is 0.264 e. The van der Waals surface area contributed by atoms with Gasteiger partial charge in [-0.1, -0.05) is 78.7 Å². The normalized spacial score (nSPS) is 12.6. The first-order valence-corrected chi connectivity index (χ1v) is 16.5. The van der Waals surface area contributed by atoms with Crippen LogP contribution in [0, 0.1) is 12.7 Å². The molecule has 0 aromatic heterocycles. The second-order valence-electron chi connectivity index (χ2n) is 11.0. The smallest absolute Gasteiger partial charge is 0.264 e. The van der Waals surface area contributed by atoms with E-state index in [4.69, 9.17) is 11.6 Å². The first-order chi connectivity index (χ1) is 21.5. The van der Waals surface area contributed by atoms with Crippen LogP contribution in [0.25, 0.3) is 0 Å². The van der Waals surface area contributed by atoms with Crippen LogP contribution in [-0.4, -0.2) is 43.8 Å². The first-order valence-electron chi connectivity index (χ1n) is 14.7. The van der Waals surface area contributed by atoms with E-state index in [0.717, 1.165) is 27.6 Å². The number of nitrogens with one attached hydrogen (secondary N) is 1. The predicted octanol–water partition coefficient (Wildman–Crippen LogP) is 6.54. The Labute approximate surface area is 269 Å². The Hall–Kier alpha value is -4.21. The molecule has 236 valence electrons. The van der Waals surface area contributed by atoms with E-state index in [0.29, 0.717) is 17.0 Å². The summed E-state index contributed by atoms with van der Waals surface area (Å²) in [6.07, 6.45) is 0.893. The first kappa shape index (κ1) is 33.7. The third-order valence-corrected chi connectivity index (χ3v) is 9.58. The van der Waals surface area contributed by atoms with Gasteiger partial charge in [0, 0.05) is 24.0 Å². The van der Waals surface area contributed by atoms with E-state index < -0.39 is 34.3 Å². The zero-order chi connectivity index (χ0) is 32.6. The van der Waals surface area contributed by atoms with Gasteiger partial charge in [0.25, 0.3) is 10.0 Å². The quantitative estimate of drug-likeness (QED) is 0.178. The number of hydrogen-bond donors (Lipinski definition) is 1. The molecule has 1 N–H and O–H groups in total. The fraction of sp³-hybridized carbons (Fsp3) is 0.257. The van der Waals surface area contributed by atoms with Gasteiger partial charge in [-0.2, -0.15) is 0 Å². The molecule has 0 unspecified atom stereocenters. The second kappa shape index (κ2) is 15.2. The minimum absolute atomic E-state index is 0.0275. The van der Waals surface area contributed by atoms with Crippen molar-refractivity contribution in [2.24, 2.45) is 0 Å². The summed E-state index contributed by atoms with van der Waals surface area (Å²) in [5, 5.41) is 3.53. The maximum absolute atomic E-state index is 14.4. The number of aryl methyl sites for hydroxylation is 1. The van der Waals surface area contributed by atoms with Gasteiger partial charge in [-0.25, -0.2) is 12.8 Å². The maximum atomic E-state index is 14.4. The lowest BCUT2D eigenvalue weighted by Crippen LogP contribution is -2.54. The molecule has 0 saturated heterocycles. The molecule has 4 aromatic rings. The third kappa shape index (κ3) is 8.93. The highest BCUT2D eigenvalue weighted by molar-refractivity contribution is 7.92. The van der Waals surface area contributed by atoms with Crippen molar-refractivity contribution < 1.29 is 22.4 Å². The van der Waals surface area contributed by atoms with Gasteiger partial charge in [-0.15, -0.1) is 0 Å². The number of nitrogens with zero attached hydrogens (tertiary/aromatic N) is 2. The van der Waals surface area contributed by atoms with Crippen LogP contribution in [0.15, 0.2) is 108 Å². The topological polar surface area (TPSA) is 86.8 Å². The highest BCUT2D eigenvalue weighted by atomic mass is 35.5. The molecule has 7 nitrogen and oxygen atoms in total. The van der Waals surface area contributed by atoms with E-state index in [9.17, 15) is 22.4 Å². The molecule has 2 atom stereocenters. The molecule has 0 saturated carbocycles. The lowest BCUT2D eigenvalue weighted by atomic mass is 10.0. The molecule has 0 spiro atoms. The van der Waals surface area contributed by atoms with E-state index >= 15 is 0 Å². The molecular weight excluding hydrogens is 613 g/mol. The lowest BCUT2D eigenvalue weighted by Gasteiger charge is -2.34. The van der Waals surface area contributed by atoms with Gasteiger partial charge in [-0.05, 0) is 79.9 Å². The summed E-state index contributed by atoms with van der Waals surface area (Å²) in [7, 11) is -4.32. The van der Waals surface area contributed by atoms with Gasteiger partial charge >= 0.3 is 0 Å². The Kier molecular flexibility index (Phi) is 11.4. The Bertz CT molecular complexity index is 1680. The molecule has 0 aliphatic heterocycles. The van der Waals surface area contributed by atoms with Gasteiger partial charge in [0.05, 0.1) is 10.6 Å². The van der Waals surface area contributed by atoms with Crippen LogP contribution in [0.1, 0.15) is 37.0 Å². The van der Waals surface area contributed by atoms with Crippen molar-refractivity contribution in [1.29, 1.82) is 0 Å². The highest BCUT2D eigenvalue weighted by Crippen LogP contribution is 2.26. The minimum Gasteiger partial charge on any atom is -0.352 e. The Morgan fingerprint density at radius 1 is 0.867 bits per heavy atom. The Balaban J connectivity index is 1.80. The molecule has 4 rings (SSSR count). The third-order valence-electron chi connectivity index (χ3n) is 7.54. The Morgan fingerprint density at radius 2 is 1.49 bits per heavy atom. The summed E-state index contributed by atoms with van der Waals surface area (Å²) in [4.78, 5) is 29.6. The van der Waals surface area contributed by atoms with Gasteiger partial charge in [-0.3, -0.25) is 13.9 Å². The molecule has 0 aliphatic carbocycles. The van der Waals surface area contributed by atoms with E-state index in [1.807, 2.05) is 51.1 Å². The van der Waals surface area contributed by atoms with Crippen LogP contribution >= 0.6 is 11.6 Å². The van der Waals surface area contributed by atoms with Crippen molar-refractivity contribution in [3.8, 4) is 0 Å². The Morgan fingerprint density at radius 3 is 2.09 bits per heavy atom. The van der Waals surface area contributed by atoms with Crippen LogP contribution in [-0.2, 0) is 32.6 Å². The largest absolute Gasteiger partial charge is 0.352 e. The molecule has 2 amide bonds. The van der Waals surface area contributed by atoms with Crippen molar-refractivity contribution >= 4 is 39.1 Å². The van der Waals surface area contributed by atoms with E-state index in [-0.39, 0.29) is 35.5 Å². The second-order valence-corrected chi connectivity index (χ2v) is 13.3. The summed E-state index contributed by atoms with van der Waals surface area (Å²) in [6.45, 7) is 5.13. The van der Waals surface area contributed by atoms with Crippen molar-refractivity contribution in [3.05, 3.63) is 131 Å². The molecular formula is C35H37ClFN3O4S. The van der Waals surface area contributed by atoms with Crippen LogP contribution in [0.3, 0.4) is 0 Å². The van der Waals surface area contributed by atoms with Gasteiger partial charge in [0.1, 0.15) is 18.4 Å². The molecule has 0 heterocycles. The summed E-state index contributed by atoms with van der Waals surface area (Å²) < 4.78 is 42.7. The highest BCUT2D eigenvalue weighted by Gasteiger charge is 2.35. The lowest BCUT2D eigenvalue weighted by molar-refractivity contribution is -0.140. The van der Waals surface area contributed by atoms with Crippen molar-refractivity contribution in [2.75, 3.05) is 10.8 Å². The SMILES string of the molecule is CC[C@H](C)NC(=O)[C@@H](Cc1ccccc1)N(Cc1ccc(Cl)cc1)C(=O)CN(c1ccc(C)cc1)S(=O)(=O)c1ccc(F)cc1. The zero-order valence-electron chi connectivity index (χ0n) is 25.5. The summed E-state index contributed by atoms with van der Waals surface area (Å²) >= 11 is 6.13. The molecule has 0 bridgehead atoms. The number of hydrogen-bond acceptors (Lipinski definition) is 4. The molecule has 45 heavy (non-hydrogen) atoms. The van der Waals surface area contributed by atoms with Crippen LogP contribution in [0.4, 0.5) is 10.1 Å². The number of carbonyl (C=O) groups is 2. The van der Waals surface area contributed by atoms with Gasteiger partial charge in [0.15, 0.2) is 0 Å². The number of halogens is 2. The predicted molar refractivity (Wildman–Crippen MR) is 176 cm³/mol. The standard InChI is InChI=1S/C35H37ClFN3O4S/c1-4-26(3)38-35(42)33(22-27-8-6-5-7-9-27)39(23-28-12-14-29(36)15-13-28)34(41)24-40(31-18-10-25(2)11-19-31)45(43,44)32-20-16-30(37)17-21-32/h5-21,26,33H,4,22-24H2,1-3H3,(H,38,42)/t26-,33+/m0/s1. The molecule has 0 aliphatic rings. The van der Waals surface area contributed by atoms with Gasteiger partial charge < -0.3 is 10.2 Å². The molecule has 0 radical (unpaired) electrons.